The van der Waals surface area contributed by atoms with E-state index >= 15 is 0 Å². The first kappa shape index (κ1) is 13.6. The van der Waals surface area contributed by atoms with E-state index in [0.717, 1.165) is 23.6 Å². The van der Waals surface area contributed by atoms with Crippen LogP contribution in [0.15, 0.2) is 22.7 Å². The van der Waals surface area contributed by atoms with Gasteiger partial charge < -0.3 is 4.74 Å². The largest absolute Gasteiger partial charge is 0.490 e. The summed E-state index contributed by atoms with van der Waals surface area (Å²) in [5.41, 5.74) is 1.06. The zero-order valence-electron chi connectivity index (χ0n) is 10.9. The van der Waals surface area contributed by atoms with Crippen LogP contribution in [0.1, 0.15) is 49.9 Å². The molecule has 0 saturated heterocycles. The van der Waals surface area contributed by atoms with Crippen molar-refractivity contribution in [2.45, 2.75) is 45.6 Å². The molecule has 1 aromatic carbocycles. The molecule has 0 unspecified atom stereocenters. The van der Waals surface area contributed by atoms with Crippen LogP contribution in [0.4, 0.5) is 0 Å². The Morgan fingerprint density at radius 3 is 2.61 bits per heavy atom. The van der Waals surface area contributed by atoms with Gasteiger partial charge in [-0.2, -0.15) is 0 Å². The van der Waals surface area contributed by atoms with Gasteiger partial charge in [0, 0.05) is 4.47 Å². The summed E-state index contributed by atoms with van der Waals surface area (Å²) in [5, 5.41) is 0. The van der Waals surface area contributed by atoms with Gasteiger partial charge in [0.25, 0.3) is 0 Å². The third kappa shape index (κ3) is 3.35. The van der Waals surface area contributed by atoms with Gasteiger partial charge in [0.2, 0.25) is 0 Å². The SMILES string of the molecule is CC1(C)CCC(Oc2ccc(Br)cc2C=O)CC1. The van der Waals surface area contributed by atoms with Gasteiger partial charge in [-0.25, -0.2) is 0 Å². The lowest BCUT2D eigenvalue weighted by Crippen LogP contribution is -2.28. The number of hydrogen-bond donors (Lipinski definition) is 0. The molecule has 0 aliphatic heterocycles. The lowest BCUT2D eigenvalue weighted by molar-refractivity contribution is 0.0961. The molecule has 0 amide bonds. The van der Waals surface area contributed by atoms with E-state index in [4.69, 9.17) is 4.74 Å². The van der Waals surface area contributed by atoms with Gasteiger partial charge in [0.15, 0.2) is 6.29 Å². The van der Waals surface area contributed by atoms with E-state index in [0.29, 0.717) is 16.7 Å². The highest BCUT2D eigenvalue weighted by atomic mass is 79.9. The predicted molar refractivity (Wildman–Crippen MR) is 76.2 cm³/mol. The lowest BCUT2D eigenvalue weighted by Gasteiger charge is -2.34. The molecular formula is C15H19BrO2. The maximum absolute atomic E-state index is 11.0. The molecule has 0 N–H and O–H groups in total. The van der Waals surface area contributed by atoms with Crippen LogP contribution in [0.2, 0.25) is 0 Å². The standard InChI is InChI=1S/C15H19BrO2/c1-15(2)7-5-13(6-8-15)18-14-4-3-12(16)9-11(14)10-17/h3-4,9-10,13H,5-8H2,1-2H3. The number of ether oxygens (including phenoxy) is 1. The Morgan fingerprint density at radius 2 is 2.00 bits per heavy atom. The minimum atomic E-state index is 0.248. The Labute approximate surface area is 117 Å². The monoisotopic (exact) mass is 310 g/mol. The molecule has 0 spiro atoms. The van der Waals surface area contributed by atoms with E-state index < -0.39 is 0 Å². The first-order valence-corrected chi connectivity index (χ1v) is 7.21. The van der Waals surface area contributed by atoms with Crippen molar-refractivity contribution in [3.8, 4) is 5.75 Å². The average Bonchev–Trinajstić information content (AvgIpc) is 2.34. The normalized spacial score (nSPS) is 19.5. The first-order chi connectivity index (χ1) is 8.50. The number of benzene rings is 1. The molecule has 1 aromatic rings. The smallest absolute Gasteiger partial charge is 0.153 e. The van der Waals surface area contributed by atoms with E-state index in [9.17, 15) is 4.79 Å². The van der Waals surface area contributed by atoms with Crippen LogP contribution < -0.4 is 4.74 Å². The number of carbonyl (C=O) groups excluding carboxylic acids is 1. The summed E-state index contributed by atoms with van der Waals surface area (Å²) < 4.78 is 6.88. The highest BCUT2D eigenvalue weighted by Gasteiger charge is 2.28. The number of rotatable bonds is 3. The second kappa shape index (κ2) is 5.43. The molecule has 1 aliphatic rings. The Morgan fingerprint density at radius 1 is 1.33 bits per heavy atom. The molecule has 0 bridgehead atoms. The van der Waals surface area contributed by atoms with Crippen molar-refractivity contribution in [1.82, 2.24) is 0 Å². The van der Waals surface area contributed by atoms with E-state index in [1.165, 1.54) is 12.8 Å². The Balaban J connectivity index is 2.04. The third-order valence-corrected chi connectivity index (χ3v) is 4.17. The molecule has 2 nitrogen and oxygen atoms in total. The highest BCUT2D eigenvalue weighted by Crippen LogP contribution is 2.37. The molecule has 0 radical (unpaired) electrons. The Hall–Kier alpha value is -0.830. The van der Waals surface area contributed by atoms with Crippen LogP contribution in [0, 0.1) is 5.41 Å². The van der Waals surface area contributed by atoms with Crippen molar-refractivity contribution >= 4 is 22.2 Å². The molecule has 18 heavy (non-hydrogen) atoms. The fourth-order valence-electron chi connectivity index (χ4n) is 2.39. The van der Waals surface area contributed by atoms with Crippen LogP contribution in [0.3, 0.4) is 0 Å². The van der Waals surface area contributed by atoms with Crippen LogP contribution in [-0.2, 0) is 0 Å². The zero-order valence-corrected chi connectivity index (χ0v) is 12.5. The van der Waals surface area contributed by atoms with Crippen molar-refractivity contribution < 1.29 is 9.53 Å². The van der Waals surface area contributed by atoms with Gasteiger partial charge in [-0.05, 0) is 49.3 Å². The van der Waals surface area contributed by atoms with Crippen molar-refractivity contribution in [3.63, 3.8) is 0 Å². The number of halogens is 1. The topological polar surface area (TPSA) is 26.3 Å². The molecule has 3 heteroatoms. The summed E-state index contributed by atoms with van der Waals surface area (Å²) in [7, 11) is 0. The lowest BCUT2D eigenvalue weighted by atomic mass is 9.76. The molecular weight excluding hydrogens is 292 g/mol. The summed E-state index contributed by atoms with van der Waals surface area (Å²) in [6.07, 6.45) is 5.61. The van der Waals surface area contributed by atoms with Crippen molar-refractivity contribution in [2.24, 2.45) is 5.41 Å². The van der Waals surface area contributed by atoms with Gasteiger partial charge in [0.05, 0.1) is 11.7 Å². The quantitative estimate of drug-likeness (QED) is 0.762. The minimum Gasteiger partial charge on any atom is -0.490 e. The van der Waals surface area contributed by atoms with E-state index in [-0.39, 0.29) is 6.10 Å². The second-order valence-corrected chi connectivity index (χ2v) is 6.70. The Bertz CT molecular complexity index is 430. The second-order valence-electron chi connectivity index (χ2n) is 5.78. The Kier molecular flexibility index (Phi) is 4.10. The van der Waals surface area contributed by atoms with E-state index in [2.05, 4.69) is 29.8 Å². The zero-order chi connectivity index (χ0) is 13.2. The van der Waals surface area contributed by atoms with Gasteiger partial charge in [-0.15, -0.1) is 0 Å². The van der Waals surface area contributed by atoms with Gasteiger partial charge in [0.1, 0.15) is 5.75 Å². The number of hydrogen-bond acceptors (Lipinski definition) is 2. The van der Waals surface area contributed by atoms with Crippen LogP contribution in [0.5, 0.6) is 5.75 Å². The summed E-state index contributed by atoms with van der Waals surface area (Å²) in [5.74, 6) is 0.706. The maximum atomic E-state index is 11.0. The van der Waals surface area contributed by atoms with E-state index in [1.54, 1.807) is 6.07 Å². The van der Waals surface area contributed by atoms with E-state index in [1.807, 2.05) is 12.1 Å². The molecule has 0 heterocycles. The molecule has 0 aromatic heterocycles. The highest BCUT2D eigenvalue weighted by molar-refractivity contribution is 9.10. The number of aldehydes is 1. The molecule has 98 valence electrons. The first-order valence-electron chi connectivity index (χ1n) is 6.41. The summed E-state index contributed by atoms with van der Waals surface area (Å²) in [6, 6.07) is 5.58. The molecule has 1 aliphatic carbocycles. The van der Waals surface area contributed by atoms with Crippen LogP contribution in [0.25, 0.3) is 0 Å². The summed E-state index contributed by atoms with van der Waals surface area (Å²) in [6.45, 7) is 4.61. The third-order valence-electron chi connectivity index (χ3n) is 3.68. The van der Waals surface area contributed by atoms with Crippen LogP contribution >= 0.6 is 15.9 Å². The fourth-order valence-corrected chi connectivity index (χ4v) is 2.77. The minimum absolute atomic E-state index is 0.248. The van der Waals surface area contributed by atoms with Gasteiger partial charge in [-0.1, -0.05) is 29.8 Å². The molecule has 0 atom stereocenters. The van der Waals surface area contributed by atoms with Gasteiger partial charge in [-0.3, -0.25) is 4.79 Å². The molecule has 1 fully saturated rings. The fraction of sp³-hybridized carbons (Fsp3) is 0.533. The molecule has 2 rings (SSSR count). The van der Waals surface area contributed by atoms with Crippen molar-refractivity contribution in [2.75, 3.05) is 0 Å². The summed E-state index contributed by atoms with van der Waals surface area (Å²) >= 11 is 3.36. The maximum Gasteiger partial charge on any atom is 0.153 e. The van der Waals surface area contributed by atoms with Crippen molar-refractivity contribution in [3.05, 3.63) is 28.2 Å². The van der Waals surface area contributed by atoms with Crippen molar-refractivity contribution in [1.29, 1.82) is 0 Å². The summed E-state index contributed by atoms with van der Waals surface area (Å²) in [4.78, 5) is 11.0. The predicted octanol–water partition coefficient (Wildman–Crippen LogP) is 4.61. The average molecular weight is 311 g/mol. The number of carbonyl (C=O) groups is 1. The van der Waals surface area contributed by atoms with Gasteiger partial charge >= 0.3 is 0 Å². The van der Waals surface area contributed by atoms with Crippen LogP contribution in [-0.4, -0.2) is 12.4 Å². The molecule has 1 saturated carbocycles.